The second-order valence-electron chi connectivity index (χ2n) is 17.4. The van der Waals surface area contributed by atoms with Gasteiger partial charge in [-0.1, -0.05) is 109 Å². The summed E-state index contributed by atoms with van der Waals surface area (Å²) in [5, 5.41) is 28.3. The lowest BCUT2D eigenvalue weighted by Gasteiger charge is -2.18. The molecule has 10 N–H and O–H groups in total. The summed E-state index contributed by atoms with van der Waals surface area (Å²) in [7, 11) is 0. The summed E-state index contributed by atoms with van der Waals surface area (Å²) in [6, 6.07) is -1.40. The maximum absolute atomic E-state index is 12.7. The number of carboxylic acid groups (broad SMARTS) is 1. The number of carboxylic acids is 1. The first-order valence-electron chi connectivity index (χ1n) is 26.2. The molecule has 2 atom stereocenters. The molecule has 418 valence electrons. The van der Waals surface area contributed by atoms with E-state index in [-0.39, 0.29) is 111 Å². The third kappa shape index (κ3) is 46.3. The molecule has 7 amide bonds. The molecular formula is C49H90Br2N8O13. The van der Waals surface area contributed by atoms with Gasteiger partial charge >= 0.3 is 5.97 Å². The number of alkyl halides is 2. The van der Waals surface area contributed by atoms with Gasteiger partial charge in [0, 0.05) is 65.0 Å². The summed E-state index contributed by atoms with van der Waals surface area (Å²) in [5.41, 5.74) is 5.56. The van der Waals surface area contributed by atoms with Crippen LogP contribution < -0.4 is 43.0 Å². The van der Waals surface area contributed by atoms with Gasteiger partial charge in [-0.15, -0.1) is 0 Å². The molecule has 0 bridgehead atoms. The standard InChI is InChI=1S/C49H90Br2N8O13/c50-38-45(63)54-26-17-19-41(59-46(64)39-51)49(68)57-29-33-72-37-35-70-31-23-43(61)55-28-32-71-36-34-69-30-22-42(60)53-25-16-15-18-40(48(67)56-27-24-52)58-44(62)20-13-11-9-7-5-3-1-2-4-6-8-10-12-14-21-47(65)66/h40-41H,1-39,52H2,(H,53,60)(H,54,63)(H,55,61)(H,56,67)(H,57,68)(H,58,62)(H,59,64)(H,65,66)/t40-,41-/m0/s1. The van der Waals surface area contributed by atoms with Crippen molar-refractivity contribution in [3.05, 3.63) is 0 Å². The number of nitrogens with one attached hydrogen (secondary N) is 7. The van der Waals surface area contributed by atoms with Crippen LogP contribution >= 0.6 is 31.9 Å². The molecule has 21 nitrogen and oxygen atoms in total. The molecule has 0 aliphatic rings. The zero-order valence-electron chi connectivity index (χ0n) is 42.9. The predicted molar refractivity (Wildman–Crippen MR) is 283 cm³/mol. The van der Waals surface area contributed by atoms with Crippen LogP contribution in [-0.4, -0.2) is 167 Å². The quantitative estimate of drug-likeness (QED) is 0.0312. The summed E-state index contributed by atoms with van der Waals surface area (Å²) in [4.78, 5) is 96.1. The molecule has 0 aromatic carbocycles. The van der Waals surface area contributed by atoms with E-state index in [9.17, 15) is 38.4 Å². The largest absolute Gasteiger partial charge is 0.481 e. The molecule has 0 spiro atoms. The molecule has 72 heavy (non-hydrogen) atoms. The fourth-order valence-electron chi connectivity index (χ4n) is 7.10. The molecule has 0 saturated heterocycles. The number of carbonyl (C=O) groups excluding carboxylic acids is 7. The third-order valence-electron chi connectivity index (χ3n) is 11.1. The van der Waals surface area contributed by atoms with Crippen molar-refractivity contribution >= 4 is 79.2 Å². The van der Waals surface area contributed by atoms with E-state index in [4.69, 9.17) is 29.8 Å². The molecule has 0 aliphatic carbocycles. The van der Waals surface area contributed by atoms with E-state index in [0.717, 1.165) is 44.9 Å². The normalized spacial score (nSPS) is 11.8. The molecule has 0 fully saturated rings. The minimum absolute atomic E-state index is 0.0618. The Labute approximate surface area is 445 Å². The Hall–Kier alpha value is -3.48. The maximum Gasteiger partial charge on any atom is 0.303 e. The summed E-state index contributed by atoms with van der Waals surface area (Å²) in [5.74, 6) is -2.26. The second kappa shape index (κ2) is 51.0. The van der Waals surface area contributed by atoms with Crippen molar-refractivity contribution in [1.29, 1.82) is 0 Å². The lowest BCUT2D eigenvalue weighted by molar-refractivity contribution is -0.137. The van der Waals surface area contributed by atoms with Gasteiger partial charge in [0.25, 0.3) is 0 Å². The molecule has 0 aromatic rings. The number of ether oxygens (including phenoxy) is 4. The van der Waals surface area contributed by atoms with Crippen molar-refractivity contribution in [1.82, 2.24) is 37.2 Å². The minimum Gasteiger partial charge on any atom is -0.481 e. The van der Waals surface area contributed by atoms with Gasteiger partial charge in [-0.05, 0) is 44.9 Å². The fourth-order valence-corrected chi connectivity index (χ4v) is 7.46. The zero-order valence-corrected chi connectivity index (χ0v) is 46.1. The van der Waals surface area contributed by atoms with Crippen molar-refractivity contribution in [3.63, 3.8) is 0 Å². The number of halogens is 2. The van der Waals surface area contributed by atoms with Crippen molar-refractivity contribution in [2.45, 2.75) is 160 Å². The average molecular weight is 1160 g/mol. The molecule has 23 heteroatoms. The van der Waals surface area contributed by atoms with Crippen LogP contribution in [0.1, 0.15) is 148 Å². The van der Waals surface area contributed by atoms with Gasteiger partial charge in [0.1, 0.15) is 12.1 Å². The van der Waals surface area contributed by atoms with E-state index in [2.05, 4.69) is 69.1 Å². The Bertz CT molecular complexity index is 1460. The fraction of sp³-hybridized carbons (Fsp3) is 0.837. The van der Waals surface area contributed by atoms with E-state index in [1.54, 1.807) is 0 Å². The number of amides is 7. The number of aliphatic carboxylic acids is 1. The average Bonchev–Trinajstić information content (AvgIpc) is 3.36. The zero-order chi connectivity index (χ0) is 53.1. The molecule has 0 heterocycles. The summed E-state index contributed by atoms with van der Waals surface area (Å²) in [6.07, 6.45) is 19.1. The summed E-state index contributed by atoms with van der Waals surface area (Å²) < 4.78 is 21.9. The Morgan fingerprint density at radius 1 is 0.375 bits per heavy atom. The van der Waals surface area contributed by atoms with E-state index >= 15 is 0 Å². The first-order valence-corrected chi connectivity index (χ1v) is 28.5. The second-order valence-corrected chi connectivity index (χ2v) is 18.5. The molecular weight excluding hydrogens is 1070 g/mol. The monoisotopic (exact) mass is 1160 g/mol. The molecule has 0 radical (unpaired) electrons. The number of hydrogen-bond acceptors (Lipinski definition) is 13. The van der Waals surface area contributed by atoms with Gasteiger partial charge < -0.3 is 67.0 Å². The minimum atomic E-state index is -0.740. The van der Waals surface area contributed by atoms with Crippen LogP contribution in [0.25, 0.3) is 0 Å². The van der Waals surface area contributed by atoms with Gasteiger partial charge in [0.2, 0.25) is 41.4 Å². The lowest BCUT2D eigenvalue weighted by Crippen LogP contribution is -2.48. The number of unbranched alkanes of at least 4 members (excludes halogenated alkanes) is 14. The van der Waals surface area contributed by atoms with Crippen LogP contribution in [0.3, 0.4) is 0 Å². The molecule has 0 rings (SSSR count). The highest BCUT2D eigenvalue weighted by Gasteiger charge is 2.21. The number of nitrogens with two attached hydrogens (primary N) is 1. The SMILES string of the molecule is NCCNC(=O)[C@H](CCCCNC(=O)CCOCCOCCNC(=O)CCOCCOCCNC(=O)[C@H](CCCNC(=O)CBr)NC(=O)CBr)NC(=O)CCCCCCCCCCCCCCCCC(=O)O. The van der Waals surface area contributed by atoms with Crippen LogP contribution in [0.15, 0.2) is 0 Å². The molecule has 0 aliphatic heterocycles. The Kier molecular flexibility index (Phi) is 48.6. The number of rotatable bonds is 52. The van der Waals surface area contributed by atoms with E-state index in [1.807, 2.05) is 0 Å². The van der Waals surface area contributed by atoms with Crippen LogP contribution in [0, 0.1) is 0 Å². The van der Waals surface area contributed by atoms with Crippen LogP contribution in [-0.2, 0) is 57.3 Å². The predicted octanol–water partition coefficient (Wildman–Crippen LogP) is 3.41. The van der Waals surface area contributed by atoms with Crippen molar-refractivity contribution < 1.29 is 62.4 Å². The van der Waals surface area contributed by atoms with Gasteiger partial charge in [0.05, 0.1) is 63.5 Å². The number of carbonyl (C=O) groups is 8. The Morgan fingerprint density at radius 2 is 0.764 bits per heavy atom. The summed E-state index contributed by atoms with van der Waals surface area (Å²) in [6.45, 7) is 4.10. The highest BCUT2D eigenvalue weighted by atomic mass is 79.9. The summed E-state index contributed by atoms with van der Waals surface area (Å²) >= 11 is 6.14. The number of hydrogen-bond donors (Lipinski definition) is 9. The van der Waals surface area contributed by atoms with Gasteiger partial charge in [-0.2, -0.15) is 0 Å². The van der Waals surface area contributed by atoms with Crippen molar-refractivity contribution in [2.75, 3.05) is 103 Å². The van der Waals surface area contributed by atoms with Crippen molar-refractivity contribution in [3.8, 4) is 0 Å². The van der Waals surface area contributed by atoms with Crippen LogP contribution in [0.4, 0.5) is 0 Å². The Morgan fingerprint density at radius 3 is 1.25 bits per heavy atom. The van der Waals surface area contributed by atoms with Crippen LogP contribution in [0.5, 0.6) is 0 Å². The van der Waals surface area contributed by atoms with Crippen LogP contribution in [0.2, 0.25) is 0 Å². The molecule has 0 aromatic heterocycles. The van der Waals surface area contributed by atoms with Gasteiger partial charge in [-0.25, -0.2) is 0 Å². The first kappa shape index (κ1) is 68.5. The molecule has 0 unspecified atom stereocenters. The Balaban J connectivity index is 3.89. The van der Waals surface area contributed by atoms with Crippen molar-refractivity contribution in [2.24, 2.45) is 5.73 Å². The maximum atomic E-state index is 12.7. The smallest absolute Gasteiger partial charge is 0.303 e. The highest BCUT2D eigenvalue weighted by Crippen LogP contribution is 2.14. The topological polar surface area (TPSA) is 304 Å². The van der Waals surface area contributed by atoms with E-state index in [0.29, 0.717) is 91.1 Å². The first-order chi connectivity index (χ1) is 34.9. The van der Waals surface area contributed by atoms with Gasteiger partial charge in [-0.3, -0.25) is 38.4 Å². The lowest BCUT2D eigenvalue weighted by atomic mass is 10.0. The van der Waals surface area contributed by atoms with E-state index < -0.39 is 18.1 Å². The molecule has 0 saturated carbocycles. The van der Waals surface area contributed by atoms with Gasteiger partial charge in [0.15, 0.2) is 0 Å². The van der Waals surface area contributed by atoms with E-state index in [1.165, 1.54) is 44.9 Å². The third-order valence-corrected chi connectivity index (χ3v) is 12.1. The highest BCUT2D eigenvalue weighted by molar-refractivity contribution is 9.09.